The van der Waals surface area contributed by atoms with Gasteiger partial charge in [-0.05, 0) is 85.8 Å². The minimum absolute atomic E-state index is 0.0373. The summed E-state index contributed by atoms with van der Waals surface area (Å²) in [6.07, 6.45) is 13.7. The van der Waals surface area contributed by atoms with E-state index in [1.54, 1.807) is 18.2 Å². The van der Waals surface area contributed by atoms with Crippen molar-refractivity contribution in [3.8, 4) is 0 Å². The van der Waals surface area contributed by atoms with Gasteiger partial charge >= 0.3 is 23.9 Å². The van der Waals surface area contributed by atoms with Crippen LogP contribution in [0.2, 0.25) is 0 Å². The zero-order chi connectivity index (χ0) is 38.4. The molecule has 276 valence electrons. The standard InChI is InChI=1S/C41H44N4O8/c1-9-23-20(2)29-17-34-27-13-10-26(39(49)52-7)38(40(50)53-8)41(27,5)35(45-34)19-30-22(4)25(12-15-37(48)51-6)33(44-30)18-32-24(11-14-36(46)47)21(3)28(43-32)16-31(23)42-29/h9-10,13,16-19,21,28,38,43-44H,1,11-12,14-15H2,2-8H3,(H,46,47)/b30-19-,31-16-,33-18-,34-17-/t21?,28?,38-,41+/m0/s1. The van der Waals surface area contributed by atoms with Crippen LogP contribution >= 0.6 is 0 Å². The molecule has 4 atom stereocenters. The minimum Gasteiger partial charge on any atom is -0.481 e. The molecular formula is C41H44N4O8. The number of carboxylic acids is 1. The number of nitrogens with zero attached hydrogens (tertiary/aromatic N) is 2. The van der Waals surface area contributed by atoms with Crippen molar-refractivity contribution in [3.63, 3.8) is 0 Å². The van der Waals surface area contributed by atoms with Crippen molar-refractivity contribution in [2.75, 3.05) is 21.3 Å². The van der Waals surface area contributed by atoms with E-state index in [0.29, 0.717) is 46.6 Å². The first-order chi connectivity index (χ1) is 25.3. The van der Waals surface area contributed by atoms with Gasteiger partial charge in [0.1, 0.15) is 5.92 Å². The minimum atomic E-state index is -1.17. The quantitative estimate of drug-likeness (QED) is 0.254. The van der Waals surface area contributed by atoms with Crippen molar-refractivity contribution in [3.05, 3.63) is 104 Å². The smallest absolute Gasteiger partial charge is 0.334 e. The summed E-state index contributed by atoms with van der Waals surface area (Å²) < 4.78 is 15.4. The van der Waals surface area contributed by atoms with Gasteiger partial charge in [-0.3, -0.25) is 19.4 Å². The molecule has 0 aromatic carbocycles. The zero-order valence-corrected chi connectivity index (χ0v) is 31.0. The molecule has 8 bridgehead atoms. The van der Waals surface area contributed by atoms with Gasteiger partial charge in [0.05, 0.1) is 61.2 Å². The number of aromatic nitrogens is 1. The summed E-state index contributed by atoms with van der Waals surface area (Å²) in [4.78, 5) is 64.7. The second-order valence-corrected chi connectivity index (χ2v) is 13.9. The number of ether oxygens (including phenoxy) is 3. The van der Waals surface area contributed by atoms with Crippen molar-refractivity contribution in [2.45, 2.75) is 59.4 Å². The molecule has 0 amide bonds. The van der Waals surface area contributed by atoms with Crippen LogP contribution in [0.25, 0.3) is 12.2 Å². The van der Waals surface area contributed by atoms with Gasteiger partial charge in [-0.2, -0.15) is 0 Å². The topological polar surface area (TPSA) is 169 Å². The Morgan fingerprint density at radius 3 is 2.38 bits per heavy atom. The van der Waals surface area contributed by atoms with Gasteiger partial charge in [0.2, 0.25) is 0 Å². The Labute approximate surface area is 307 Å². The van der Waals surface area contributed by atoms with Gasteiger partial charge in [-0.1, -0.05) is 31.7 Å². The number of allylic oxidation sites excluding steroid dienone is 7. The lowest BCUT2D eigenvalue weighted by Gasteiger charge is -2.37. The lowest BCUT2D eigenvalue weighted by molar-refractivity contribution is -0.149. The normalized spacial score (nSPS) is 27.5. The molecule has 12 heteroatoms. The zero-order valence-electron chi connectivity index (χ0n) is 31.0. The molecule has 2 unspecified atom stereocenters. The van der Waals surface area contributed by atoms with Crippen LogP contribution in [0.1, 0.15) is 51.2 Å². The highest BCUT2D eigenvalue weighted by atomic mass is 16.5. The van der Waals surface area contributed by atoms with E-state index in [2.05, 4.69) is 23.8 Å². The van der Waals surface area contributed by atoms with Crippen LogP contribution in [-0.4, -0.2) is 72.8 Å². The maximum atomic E-state index is 13.7. The number of esters is 3. The Morgan fingerprint density at radius 1 is 0.962 bits per heavy atom. The lowest BCUT2D eigenvalue weighted by atomic mass is 9.63. The molecule has 0 saturated carbocycles. The van der Waals surface area contributed by atoms with E-state index in [1.807, 2.05) is 45.1 Å². The highest BCUT2D eigenvalue weighted by Gasteiger charge is 2.55. The second kappa shape index (κ2) is 14.3. The number of carbonyl (C=O) groups is 4. The number of methoxy groups -OCH3 is 3. The van der Waals surface area contributed by atoms with Crippen molar-refractivity contribution in [2.24, 2.45) is 27.2 Å². The SMILES string of the molecule is C=CC1=C(C)C2=NC/1=C\C1NC(=C(CCC(=O)O)C1C)/C=c1\[nH]/c(c(C)c1CCC(=O)OC)=C\C1=NC(=C\2)/C2=CC=C(C(=O)OC)[C@@H](C(=O)OC)[C@]21C. The summed E-state index contributed by atoms with van der Waals surface area (Å²) in [5.74, 6) is -3.68. The first kappa shape index (κ1) is 37.0. The van der Waals surface area contributed by atoms with E-state index < -0.39 is 29.2 Å². The second-order valence-electron chi connectivity index (χ2n) is 13.9. The van der Waals surface area contributed by atoms with Crippen LogP contribution in [0.5, 0.6) is 0 Å². The Hall–Kier alpha value is -5.78. The number of nitrogens with one attached hydrogen (secondary N) is 2. The summed E-state index contributed by atoms with van der Waals surface area (Å²) in [5, 5.41) is 14.7. The predicted molar refractivity (Wildman–Crippen MR) is 200 cm³/mol. The number of carboxylic acid groups (broad SMARTS) is 1. The Bertz CT molecular complexity index is 2240. The lowest BCUT2D eigenvalue weighted by Crippen LogP contribution is -2.44. The Morgan fingerprint density at radius 2 is 1.72 bits per heavy atom. The van der Waals surface area contributed by atoms with E-state index in [1.165, 1.54) is 21.3 Å². The van der Waals surface area contributed by atoms with E-state index in [9.17, 15) is 24.3 Å². The number of fused-ring (bicyclic) bond motifs is 9. The van der Waals surface area contributed by atoms with Crippen LogP contribution in [-0.2, 0) is 39.8 Å². The summed E-state index contributed by atoms with van der Waals surface area (Å²) >= 11 is 0. The van der Waals surface area contributed by atoms with E-state index >= 15 is 0 Å². The van der Waals surface area contributed by atoms with E-state index in [-0.39, 0.29) is 36.3 Å². The van der Waals surface area contributed by atoms with Crippen molar-refractivity contribution in [1.29, 1.82) is 0 Å². The van der Waals surface area contributed by atoms with Gasteiger partial charge in [0, 0.05) is 40.7 Å². The van der Waals surface area contributed by atoms with Gasteiger partial charge in [-0.15, -0.1) is 0 Å². The summed E-state index contributed by atoms with van der Waals surface area (Å²) in [6.45, 7) is 11.9. The van der Waals surface area contributed by atoms with Crippen LogP contribution < -0.4 is 16.0 Å². The molecule has 0 fully saturated rings. The molecule has 1 aromatic heterocycles. The van der Waals surface area contributed by atoms with Crippen LogP contribution in [0, 0.1) is 24.2 Å². The molecule has 1 aromatic rings. The predicted octanol–water partition coefficient (Wildman–Crippen LogP) is 3.74. The highest BCUT2D eigenvalue weighted by Crippen LogP contribution is 2.52. The first-order valence-electron chi connectivity index (χ1n) is 17.5. The molecule has 1 aliphatic carbocycles. The largest absolute Gasteiger partial charge is 0.481 e. The van der Waals surface area contributed by atoms with Gasteiger partial charge < -0.3 is 29.6 Å². The molecule has 12 nitrogen and oxygen atoms in total. The number of aliphatic carboxylic acids is 1. The summed E-state index contributed by atoms with van der Waals surface area (Å²) in [5.41, 5.74) is 7.31. The van der Waals surface area contributed by atoms with Crippen LogP contribution in [0.4, 0.5) is 0 Å². The molecule has 0 radical (unpaired) electrons. The molecule has 4 aliphatic heterocycles. The number of carbonyl (C=O) groups excluding carboxylic acids is 3. The first-order valence-corrected chi connectivity index (χ1v) is 17.5. The van der Waals surface area contributed by atoms with Crippen molar-refractivity contribution < 1.29 is 38.5 Å². The van der Waals surface area contributed by atoms with Gasteiger partial charge in [-0.25, -0.2) is 9.79 Å². The number of rotatable bonds is 9. The molecule has 0 spiro atoms. The molecule has 5 aliphatic rings. The van der Waals surface area contributed by atoms with Crippen LogP contribution in [0.15, 0.2) is 91.9 Å². The fourth-order valence-electron chi connectivity index (χ4n) is 8.02. The number of aliphatic imine (C=N–C) groups is 2. The summed E-state index contributed by atoms with van der Waals surface area (Å²) in [6, 6.07) is -0.213. The molecule has 0 saturated heterocycles. The van der Waals surface area contributed by atoms with Gasteiger partial charge in [0.15, 0.2) is 0 Å². The Kier molecular flexibility index (Phi) is 10.0. The monoisotopic (exact) mass is 720 g/mol. The average molecular weight is 721 g/mol. The van der Waals surface area contributed by atoms with Crippen molar-refractivity contribution >= 4 is 47.5 Å². The molecular weight excluding hydrogens is 676 g/mol. The summed E-state index contributed by atoms with van der Waals surface area (Å²) in [7, 11) is 3.90. The van der Waals surface area contributed by atoms with Crippen LogP contribution in [0.3, 0.4) is 0 Å². The van der Waals surface area contributed by atoms with E-state index in [4.69, 9.17) is 24.2 Å². The third-order valence-electron chi connectivity index (χ3n) is 11.1. The molecule has 53 heavy (non-hydrogen) atoms. The van der Waals surface area contributed by atoms with Crippen molar-refractivity contribution in [1.82, 2.24) is 10.3 Å². The third-order valence-corrected chi connectivity index (χ3v) is 11.1. The molecule has 5 heterocycles. The fourth-order valence-corrected chi connectivity index (χ4v) is 8.02. The third kappa shape index (κ3) is 6.36. The number of aromatic amines is 1. The highest BCUT2D eigenvalue weighted by molar-refractivity contribution is 6.22. The molecule has 6 rings (SSSR count). The fraction of sp³-hybridized carbons (Fsp3) is 0.366. The molecule has 3 N–H and O–H groups in total. The average Bonchev–Trinajstić information content (AvgIpc) is 3.79. The van der Waals surface area contributed by atoms with Gasteiger partial charge in [0.25, 0.3) is 0 Å². The number of H-pyrrole nitrogens is 1. The number of hydrogen-bond donors (Lipinski definition) is 3. The maximum absolute atomic E-state index is 13.7. The maximum Gasteiger partial charge on any atom is 0.334 e. The van der Waals surface area contributed by atoms with E-state index in [0.717, 1.165) is 38.9 Å². The number of hydrogen-bond acceptors (Lipinski definition) is 10. The Balaban J connectivity index is 1.69.